The molecule has 0 unspecified atom stereocenters. The number of rotatable bonds is 3. The summed E-state index contributed by atoms with van der Waals surface area (Å²) >= 11 is 0. The zero-order valence-electron chi connectivity index (χ0n) is 30.9. The molecule has 0 radical (unpaired) electrons. The number of para-hydroxylation sites is 4. The molecule has 3 heterocycles. The van der Waals surface area contributed by atoms with Crippen LogP contribution in [-0.2, 0) is 0 Å². The third-order valence-electron chi connectivity index (χ3n) is 12.4. The molecule has 264 valence electrons. The summed E-state index contributed by atoms with van der Waals surface area (Å²) in [6.07, 6.45) is 0. The lowest BCUT2D eigenvalue weighted by atomic mass is 9.89. The second-order valence-electron chi connectivity index (χ2n) is 15.3. The van der Waals surface area contributed by atoms with Crippen LogP contribution in [0.25, 0.3) is 120 Å². The quantitative estimate of drug-likeness (QED) is 0.176. The highest BCUT2D eigenvalue weighted by Crippen LogP contribution is 2.49. The SMILES string of the molecule is c1ccc(-n2c3ccccc3c3cc(-c4ccc(-n5c6ccccc6c6c7c(c8ccccc8c8[nH]c9ccccc9c87)c7ccccc7c65)cc4)ccc32)cc1. The molecule has 0 saturated heterocycles. The second kappa shape index (κ2) is 11.5. The zero-order chi connectivity index (χ0) is 37.2. The van der Waals surface area contributed by atoms with Crippen molar-refractivity contribution in [3.05, 3.63) is 194 Å². The van der Waals surface area contributed by atoms with Gasteiger partial charge in [-0.05, 0) is 81.9 Å². The Morgan fingerprint density at radius 2 is 0.842 bits per heavy atom. The number of benzene rings is 10. The molecular weight excluding hydrogens is 691 g/mol. The number of aromatic amines is 1. The van der Waals surface area contributed by atoms with Crippen LogP contribution in [0, 0.1) is 0 Å². The molecule has 0 amide bonds. The molecular formula is C54H33N3. The smallest absolute Gasteiger partial charge is 0.0626 e. The minimum absolute atomic E-state index is 1.15. The van der Waals surface area contributed by atoms with E-state index in [4.69, 9.17) is 0 Å². The normalized spacial score (nSPS) is 12.2. The van der Waals surface area contributed by atoms with Crippen molar-refractivity contribution in [3.63, 3.8) is 0 Å². The standard InChI is InChI=1S/C54H33N3/c1-2-14-35(15-3-1)56-46-24-12-9-16-37(46)44-32-34(28-31-48(44)56)33-26-29-36(30-27-33)57-47-25-13-10-22-43(47)51-52-49(39-18-5-7-20-41(39)54(51)57)38-17-4-6-19-40(38)53-50(52)42-21-8-11-23-45(42)55-53/h1-32,55H. The first-order valence-corrected chi connectivity index (χ1v) is 19.7. The van der Waals surface area contributed by atoms with Crippen molar-refractivity contribution in [2.24, 2.45) is 0 Å². The van der Waals surface area contributed by atoms with Crippen LogP contribution in [0.2, 0.25) is 0 Å². The van der Waals surface area contributed by atoms with Crippen molar-refractivity contribution >= 4 is 97.7 Å². The molecule has 57 heavy (non-hydrogen) atoms. The van der Waals surface area contributed by atoms with Crippen molar-refractivity contribution in [2.75, 3.05) is 0 Å². The summed E-state index contributed by atoms with van der Waals surface area (Å²) in [6, 6.07) is 71.2. The number of aromatic nitrogens is 3. The molecule has 10 aromatic carbocycles. The summed E-state index contributed by atoms with van der Waals surface area (Å²) in [4.78, 5) is 3.86. The van der Waals surface area contributed by atoms with Gasteiger partial charge in [0.1, 0.15) is 0 Å². The van der Waals surface area contributed by atoms with Gasteiger partial charge in [-0.15, -0.1) is 0 Å². The van der Waals surface area contributed by atoms with Crippen LogP contribution in [0.5, 0.6) is 0 Å². The lowest BCUT2D eigenvalue weighted by molar-refractivity contribution is 1.18. The summed E-state index contributed by atoms with van der Waals surface area (Å²) in [7, 11) is 0. The predicted molar refractivity (Wildman–Crippen MR) is 242 cm³/mol. The maximum atomic E-state index is 3.86. The number of nitrogens with zero attached hydrogens (tertiary/aromatic N) is 2. The highest BCUT2D eigenvalue weighted by Gasteiger charge is 2.24. The van der Waals surface area contributed by atoms with Gasteiger partial charge in [-0.25, -0.2) is 0 Å². The van der Waals surface area contributed by atoms with Crippen LogP contribution in [0.3, 0.4) is 0 Å². The molecule has 0 aliphatic carbocycles. The van der Waals surface area contributed by atoms with Crippen molar-refractivity contribution in [3.8, 4) is 22.5 Å². The lowest BCUT2D eigenvalue weighted by Gasteiger charge is -2.15. The molecule has 0 spiro atoms. The molecule has 3 nitrogen and oxygen atoms in total. The van der Waals surface area contributed by atoms with Crippen LogP contribution in [0.4, 0.5) is 0 Å². The number of H-pyrrole nitrogens is 1. The molecule has 3 aromatic heterocycles. The number of fused-ring (bicyclic) bond motifs is 18. The van der Waals surface area contributed by atoms with Crippen LogP contribution < -0.4 is 0 Å². The van der Waals surface area contributed by atoms with Gasteiger partial charge in [0.15, 0.2) is 0 Å². The van der Waals surface area contributed by atoms with E-state index in [9.17, 15) is 0 Å². The molecule has 0 bridgehead atoms. The Bertz CT molecular complexity index is 3790. The molecule has 13 aromatic rings. The van der Waals surface area contributed by atoms with Crippen LogP contribution >= 0.6 is 0 Å². The van der Waals surface area contributed by atoms with Gasteiger partial charge in [0, 0.05) is 65.4 Å². The van der Waals surface area contributed by atoms with Gasteiger partial charge in [0.25, 0.3) is 0 Å². The minimum Gasteiger partial charge on any atom is -0.354 e. The maximum absolute atomic E-state index is 3.86. The highest BCUT2D eigenvalue weighted by molar-refractivity contribution is 6.45. The minimum atomic E-state index is 1.15. The Labute approximate surface area is 327 Å². The summed E-state index contributed by atoms with van der Waals surface area (Å²) in [5.41, 5.74) is 11.9. The van der Waals surface area contributed by atoms with Crippen LogP contribution in [-0.4, -0.2) is 14.1 Å². The Morgan fingerprint density at radius 1 is 0.298 bits per heavy atom. The average Bonchev–Trinajstić information content (AvgIpc) is 3.95. The van der Waals surface area contributed by atoms with Crippen molar-refractivity contribution in [1.82, 2.24) is 14.1 Å². The van der Waals surface area contributed by atoms with E-state index in [1.54, 1.807) is 0 Å². The van der Waals surface area contributed by atoms with E-state index in [0.29, 0.717) is 0 Å². The first-order valence-electron chi connectivity index (χ1n) is 19.7. The second-order valence-corrected chi connectivity index (χ2v) is 15.3. The first-order chi connectivity index (χ1) is 28.3. The fraction of sp³-hybridized carbons (Fsp3) is 0. The number of hydrogen-bond acceptors (Lipinski definition) is 0. The van der Waals surface area contributed by atoms with Gasteiger partial charge in [0.2, 0.25) is 0 Å². The van der Waals surface area contributed by atoms with Crippen molar-refractivity contribution in [1.29, 1.82) is 0 Å². The van der Waals surface area contributed by atoms with Gasteiger partial charge in [-0.2, -0.15) is 0 Å². The molecule has 0 saturated carbocycles. The predicted octanol–water partition coefficient (Wildman–Crippen LogP) is 14.6. The van der Waals surface area contributed by atoms with E-state index in [1.165, 1.54) is 109 Å². The monoisotopic (exact) mass is 723 g/mol. The van der Waals surface area contributed by atoms with Crippen LogP contribution in [0.1, 0.15) is 0 Å². The number of nitrogens with one attached hydrogen (secondary N) is 1. The zero-order valence-corrected chi connectivity index (χ0v) is 30.9. The van der Waals surface area contributed by atoms with E-state index in [1.807, 2.05) is 0 Å². The van der Waals surface area contributed by atoms with Gasteiger partial charge < -0.3 is 14.1 Å². The Balaban J connectivity index is 1.09. The summed E-state index contributed by atoms with van der Waals surface area (Å²) in [5, 5.41) is 15.3. The first kappa shape index (κ1) is 30.7. The number of hydrogen-bond donors (Lipinski definition) is 1. The third kappa shape index (κ3) is 4.15. The molecule has 0 aliphatic heterocycles. The van der Waals surface area contributed by atoms with E-state index in [0.717, 1.165) is 11.2 Å². The molecule has 1 N–H and O–H groups in total. The van der Waals surface area contributed by atoms with Gasteiger partial charge >= 0.3 is 0 Å². The third-order valence-corrected chi connectivity index (χ3v) is 12.4. The molecule has 0 atom stereocenters. The summed E-state index contributed by atoms with van der Waals surface area (Å²) in [5.74, 6) is 0. The van der Waals surface area contributed by atoms with E-state index in [-0.39, 0.29) is 0 Å². The van der Waals surface area contributed by atoms with Gasteiger partial charge in [0.05, 0.1) is 27.6 Å². The fourth-order valence-electron chi connectivity index (χ4n) is 10.0. The van der Waals surface area contributed by atoms with Crippen molar-refractivity contribution < 1.29 is 0 Å². The Kier molecular flexibility index (Phi) is 6.16. The lowest BCUT2D eigenvalue weighted by Crippen LogP contribution is -1.95. The van der Waals surface area contributed by atoms with E-state index in [2.05, 4.69) is 208 Å². The molecule has 13 rings (SSSR count). The Hall–Kier alpha value is -7.62. The molecule has 0 aliphatic rings. The topological polar surface area (TPSA) is 25.6 Å². The largest absolute Gasteiger partial charge is 0.354 e. The van der Waals surface area contributed by atoms with E-state index >= 15 is 0 Å². The van der Waals surface area contributed by atoms with Crippen LogP contribution in [0.15, 0.2) is 194 Å². The fourth-order valence-corrected chi connectivity index (χ4v) is 10.0. The Morgan fingerprint density at radius 3 is 1.61 bits per heavy atom. The molecule has 0 fully saturated rings. The average molecular weight is 724 g/mol. The highest BCUT2D eigenvalue weighted by atomic mass is 15.0. The van der Waals surface area contributed by atoms with E-state index < -0.39 is 0 Å². The summed E-state index contributed by atoms with van der Waals surface area (Å²) in [6.45, 7) is 0. The van der Waals surface area contributed by atoms with Gasteiger partial charge in [-0.3, -0.25) is 0 Å². The maximum Gasteiger partial charge on any atom is 0.0626 e. The molecule has 3 heteroatoms. The summed E-state index contributed by atoms with van der Waals surface area (Å²) < 4.78 is 4.88. The van der Waals surface area contributed by atoms with Gasteiger partial charge in [-0.1, -0.05) is 140 Å². The van der Waals surface area contributed by atoms with Crippen molar-refractivity contribution in [2.45, 2.75) is 0 Å².